The molecule has 2 heterocycles. The van der Waals surface area contributed by atoms with Gasteiger partial charge in [-0.2, -0.15) is 0 Å². The molecule has 0 aliphatic rings. The number of imidazole rings is 1. The van der Waals surface area contributed by atoms with Crippen molar-refractivity contribution in [2.75, 3.05) is 6.61 Å². The lowest BCUT2D eigenvalue weighted by Gasteiger charge is -1.90. The van der Waals surface area contributed by atoms with E-state index in [4.69, 9.17) is 5.11 Å². The van der Waals surface area contributed by atoms with Crippen LogP contribution in [0.3, 0.4) is 0 Å². The van der Waals surface area contributed by atoms with Gasteiger partial charge < -0.3 is 15.1 Å². The Kier molecular flexibility index (Phi) is 2.69. The van der Waals surface area contributed by atoms with Crippen molar-refractivity contribution in [2.45, 2.75) is 6.42 Å². The van der Waals surface area contributed by atoms with Crippen LogP contribution in [0.5, 0.6) is 0 Å². The standard InChI is InChI=1S/C9H10BrN3O/c10-9-8(6-2-1-4-11-6)12-7(13-9)3-5-14/h1-2,4,11,14H,3,5H2,(H,12,13). The molecule has 3 N–H and O–H groups in total. The van der Waals surface area contributed by atoms with E-state index in [0.717, 1.165) is 21.8 Å². The molecule has 0 atom stereocenters. The molecule has 0 saturated carbocycles. The van der Waals surface area contributed by atoms with E-state index in [1.54, 1.807) is 0 Å². The van der Waals surface area contributed by atoms with Gasteiger partial charge in [-0.05, 0) is 28.1 Å². The molecule has 0 fully saturated rings. The number of aromatic amines is 2. The van der Waals surface area contributed by atoms with Crippen LogP contribution in [0.4, 0.5) is 0 Å². The van der Waals surface area contributed by atoms with Crippen LogP contribution in [0.2, 0.25) is 0 Å². The fourth-order valence-corrected chi connectivity index (χ4v) is 1.81. The zero-order chi connectivity index (χ0) is 9.97. The molecule has 4 nitrogen and oxygen atoms in total. The van der Waals surface area contributed by atoms with Crippen LogP contribution in [0.25, 0.3) is 11.4 Å². The zero-order valence-electron chi connectivity index (χ0n) is 7.42. The first-order valence-corrected chi connectivity index (χ1v) is 5.09. The molecule has 0 spiro atoms. The molecule has 0 radical (unpaired) electrons. The second kappa shape index (κ2) is 3.98. The molecule has 0 bridgehead atoms. The van der Waals surface area contributed by atoms with E-state index >= 15 is 0 Å². The fourth-order valence-electron chi connectivity index (χ4n) is 1.28. The van der Waals surface area contributed by atoms with Crippen molar-refractivity contribution in [3.8, 4) is 11.4 Å². The van der Waals surface area contributed by atoms with Crippen molar-refractivity contribution in [1.82, 2.24) is 15.0 Å². The second-order valence-corrected chi connectivity index (χ2v) is 3.70. The highest BCUT2D eigenvalue weighted by Gasteiger charge is 2.09. The van der Waals surface area contributed by atoms with E-state index in [0.29, 0.717) is 6.42 Å². The Labute approximate surface area is 89.5 Å². The molecule has 5 heteroatoms. The molecular weight excluding hydrogens is 246 g/mol. The summed E-state index contributed by atoms with van der Waals surface area (Å²) >= 11 is 3.39. The van der Waals surface area contributed by atoms with Gasteiger partial charge in [-0.1, -0.05) is 0 Å². The normalized spacial score (nSPS) is 10.7. The number of nitrogens with one attached hydrogen (secondary N) is 2. The fraction of sp³-hybridized carbons (Fsp3) is 0.222. The molecule has 2 rings (SSSR count). The van der Waals surface area contributed by atoms with Gasteiger partial charge in [0, 0.05) is 12.6 Å². The third-order valence-corrected chi connectivity index (χ3v) is 2.48. The lowest BCUT2D eigenvalue weighted by atomic mass is 10.3. The minimum atomic E-state index is 0.101. The Morgan fingerprint density at radius 2 is 2.36 bits per heavy atom. The highest BCUT2D eigenvalue weighted by molar-refractivity contribution is 9.10. The lowest BCUT2D eigenvalue weighted by molar-refractivity contribution is 0.297. The molecule has 0 aliphatic heterocycles. The zero-order valence-corrected chi connectivity index (χ0v) is 9.00. The summed E-state index contributed by atoms with van der Waals surface area (Å²) in [6, 6.07) is 3.87. The molecule has 0 unspecified atom stereocenters. The Hall–Kier alpha value is -1.07. The number of aliphatic hydroxyl groups is 1. The smallest absolute Gasteiger partial charge is 0.119 e. The van der Waals surface area contributed by atoms with Crippen LogP contribution in [-0.4, -0.2) is 26.7 Å². The van der Waals surface area contributed by atoms with Crippen LogP contribution in [0.1, 0.15) is 5.82 Å². The highest BCUT2D eigenvalue weighted by atomic mass is 79.9. The molecule has 2 aromatic heterocycles. The van der Waals surface area contributed by atoms with Gasteiger partial charge in [0.05, 0.1) is 12.3 Å². The molecule has 0 amide bonds. The SMILES string of the molecule is OCCc1nc(-c2ccc[nH]2)c(Br)[nH]1. The average molecular weight is 256 g/mol. The second-order valence-electron chi connectivity index (χ2n) is 2.90. The largest absolute Gasteiger partial charge is 0.396 e. The van der Waals surface area contributed by atoms with Gasteiger partial charge in [0.15, 0.2) is 0 Å². The highest BCUT2D eigenvalue weighted by Crippen LogP contribution is 2.24. The van der Waals surface area contributed by atoms with Crippen molar-refractivity contribution in [3.05, 3.63) is 28.8 Å². The Balaban J connectivity index is 2.35. The van der Waals surface area contributed by atoms with Crippen molar-refractivity contribution in [1.29, 1.82) is 0 Å². The summed E-state index contributed by atoms with van der Waals surface area (Å²) in [4.78, 5) is 10.5. The first-order valence-electron chi connectivity index (χ1n) is 4.30. The van der Waals surface area contributed by atoms with E-state index in [1.165, 1.54) is 0 Å². The van der Waals surface area contributed by atoms with Gasteiger partial charge >= 0.3 is 0 Å². The van der Waals surface area contributed by atoms with Gasteiger partial charge in [-0.15, -0.1) is 0 Å². The van der Waals surface area contributed by atoms with E-state index in [-0.39, 0.29) is 6.61 Å². The summed E-state index contributed by atoms with van der Waals surface area (Å²) in [5, 5.41) is 8.77. The molecule has 74 valence electrons. The van der Waals surface area contributed by atoms with Crippen LogP contribution < -0.4 is 0 Å². The summed E-state index contributed by atoms with van der Waals surface area (Å²) in [5.74, 6) is 0.781. The molecule has 14 heavy (non-hydrogen) atoms. The number of hydrogen-bond donors (Lipinski definition) is 3. The van der Waals surface area contributed by atoms with Gasteiger partial charge in [-0.25, -0.2) is 4.98 Å². The lowest BCUT2D eigenvalue weighted by Crippen LogP contribution is -1.92. The van der Waals surface area contributed by atoms with Crippen molar-refractivity contribution in [2.24, 2.45) is 0 Å². The predicted octanol–water partition coefficient (Wildman–Crippen LogP) is 1.70. The maximum absolute atomic E-state index is 8.77. The molecular formula is C9H10BrN3O. The minimum Gasteiger partial charge on any atom is -0.396 e. The number of halogens is 1. The summed E-state index contributed by atoms with van der Waals surface area (Å²) in [6.45, 7) is 0.101. The topological polar surface area (TPSA) is 64.7 Å². The Bertz CT molecular complexity index is 408. The van der Waals surface area contributed by atoms with E-state index in [1.807, 2.05) is 18.3 Å². The quantitative estimate of drug-likeness (QED) is 0.782. The van der Waals surface area contributed by atoms with Gasteiger partial charge in [0.2, 0.25) is 0 Å². The average Bonchev–Trinajstić information content (AvgIpc) is 2.74. The maximum Gasteiger partial charge on any atom is 0.119 e. The molecule has 0 aromatic carbocycles. The Morgan fingerprint density at radius 3 is 3.00 bits per heavy atom. The van der Waals surface area contributed by atoms with Gasteiger partial charge in [0.25, 0.3) is 0 Å². The van der Waals surface area contributed by atoms with Crippen molar-refractivity contribution < 1.29 is 5.11 Å². The predicted molar refractivity (Wildman–Crippen MR) is 56.9 cm³/mol. The molecule has 0 saturated heterocycles. The van der Waals surface area contributed by atoms with Crippen LogP contribution in [-0.2, 0) is 6.42 Å². The summed E-state index contributed by atoms with van der Waals surface area (Å²) in [6.07, 6.45) is 2.39. The summed E-state index contributed by atoms with van der Waals surface area (Å²) < 4.78 is 0.836. The third kappa shape index (κ3) is 1.73. The maximum atomic E-state index is 8.77. The van der Waals surface area contributed by atoms with Crippen LogP contribution >= 0.6 is 15.9 Å². The Morgan fingerprint density at radius 1 is 1.50 bits per heavy atom. The summed E-state index contributed by atoms with van der Waals surface area (Å²) in [7, 11) is 0. The first kappa shape index (κ1) is 9.48. The number of aliphatic hydroxyl groups excluding tert-OH is 1. The molecule has 0 aliphatic carbocycles. The van der Waals surface area contributed by atoms with E-state index in [9.17, 15) is 0 Å². The minimum absolute atomic E-state index is 0.101. The number of H-pyrrole nitrogens is 2. The number of nitrogens with zero attached hydrogens (tertiary/aromatic N) is 1. The van der Waals surface area contributed by atoms with E-state index < -0.39 is 0 Å². The van der Waals surface area contributed by atoms with Crippen LogP contribution in [0, 0.1) is 0 Å². The molecule has 2 aromatic rings. The number of rotatable bonds is 3. The monoisotopic (exact) mass is 255 g/mol. The third-order valence-electron chi connectivity index (χ3n) is 1.91. The first-order chi connectivity index (χ1) is 6.81. The van der Waals surface area contributed by atoms with E-state index in [2.05, 4.69) is 30.9 Å². The number of hydrogen-bond acceptors (Lipinski definition) is 2. The van der Waals surface area contributed by atoms with Crippen molar-refractivity contribution in [3.63, 3.8) is 0 Å². The van der Waals surface area contributed by atoms with Crippen LogP contribution in [0.15, 0.2) is 22.9 Å². The van der Waals surface area contributed by atoms with Gasteiger partial charge in [-0.3, -0.25) is 0 Å². The number of aromatic nitrogens is 3. The van der Waals surface area contributed by atoms with Crippen molar-refractivity contribution >= 4 is 15.9 Å². The summed E-state index contributed by atoms with van der Waals surface area (Å²) in [5.41, 5.74) is 1.80. The van der Waals surface area contributed by atoms with Gasteiger partial charge in [0.1, 0.15) is 16.1 Å².